The molecule has 1 aromatic rings. The lowest BCUT2D eigenvalue weighted by atomic mass is 10.0. The Hall–Kier alpha value is -0.863. The molecular formula is C15H24OSi. The van der Waals surface area contributed by atoms with Gasteiger partial charge in [0.15, 0.2) is 9.76 Å². The van der Waals surface area contributed by atoms with Crippen LogP contribution in [0.1, 0.15) is 44.7 Å². The van der Waals surface area contributed by atoms with E-state index in [9.17, 15) is 0 Å². The van der Waals surface area contributed by atoms with Crippen LogP contribution in [0.5, 0.6) is 0 Å². The van der Waals surface area contributed by atoms with Crippen LogP contribution in [0.15, 0.2) is 29.5 Å². The molecule has 0 heterocycles. The third-order valence-corrected chi connectivity index (χ3v) is 4.61. The molecule has 17 heavy (non-hydrogen) atoms. The number of hydrogen-bond donors (Lipinski definition) is 0. The number of unbranched alkanes of at least 4 members (excludes halogenated alkanes) is 1. The SMILES string of the molecule is CCCCO[SiH2]C(C)=C(C)c1ccccc1C. The molecule has 0 aromatic heterocycles. The Kier molecular flexibility index (Phi) is 6.23. The lowest BCUT2D eigenvalue weighted by molar-refractivity contribution is 0.330. The molecule has 0 saturated heterocycles. The Balaban J connectivity index is 2.66. The van der Waals surface area contributed by atoms with Crippen molar-refractivity contribution in [2.24, 2.45) is 0 Å². The van der Waals surface area contributed by atoms with Gasteiger partial charge in [-0.3, -0.25) is 0 Å². The Labute approximate surface area is 108 Å². The molecule has 0 aliphatic rings. The van der Waals surface area contributed by atoms with E-state index in [1.54, 1.807) is 0 Å². The summed E-state index contributed by atoms with van der Waals surface area (Å²) in [6.45, 7) is 9.74. The average molecular weight is 248 g/mol. The van der Waals surface area contributed by atoms with Crippen LogP contribution >= 0.6 is 0 Å². The largest absolute Gasteiger partial charge is 0.419 e. The summed E-state index contributed by atoms with van der Waals surface area (Å²) in [6, 6.07) is 8.58. The first-order chi connectivity index (χ1) is 8.16. The Morgan fingerprint density at radius 3 is 2.59 bits per heavy atom. The highest BCUT2D eigenvalue weighted by Gasteiger charge is 2.03. The smallest absolute Gasteiger partial charge is 0.188 e. The van der Waals surface area contributed by atoms with E-state index in [1.807, 2.05) is 0 Å². The molecule has 0 spiro atoms. The standard InChI is InChI=1S/C15H24OSi/c1-5-6-11-16-17-14(4)13(3)15-10-8-7-9-12(15)2/h7-10H,5-6,11,17H2,1-4H3. The highest BCUT2D eigenvalue weighted by atomic mass is 28.2. The molecule has 94 valence electrons. The van der Waals surface area contributed by atoms with Crippen molar-refractivity contribution in [3.8, 4) is 0 Å². The van der Waals surface area contributed by atoms with Crippen LogP contribution in [0.25, 0.3) is 5.57 Å². The van der Waals surface area contributed by atoms with Crippen molar-refractivity contribution in [3.05, 3.63) is 40.6 Å². The quantitative estimate of drug-likeness (QED) is 0.551. The van der Waals surface area contributed by atoms with Gasteiger partial charge in [-0.15, -0.1) is 0 Å². The number of hydrogen-bond acceptors (Lipinski definition) is 1. The fourth-order valence-corrected chi connectivity index (χ4v) is 2.87. The van der Waals surface area contributed by atoms with Gasteiger partial charge in [0.25, 0.3) is 0 Å². The van der Waals surface area contributed by atoms with Crippen molar-refractivity contribution in [1.82, 2.24) is 0 Å². The minimum Gasteiger partial charge on any atom is -0.419 e. The van der Waals surface area contributed by atoms with Crippen molar-refractivity contribution in [1.29, 1.82) is 0 Å². The molecule has 0 amide bonds. The number of benzene rings is 1. The van der Waals surface area contributed by atoms with Gasteiger partial charge in [-0.05, 0) is 43.9 Å². The van der Waals surface area contributed by atoms with Crippen molar-refractivity contribution in [2.45, 2.75) is 40.5 Å². The monoisotopic (exact) mass is 248 g/mol. The van der Waals surface area contributed by atoms with Crippen LogP contribution in [0.4, 0.5) is 0 Å². The van der Waals surface area contributed by atoms with Crippen LogP contribution in [-0.2, 0) is 4.43 Å². The van der Waals surface area contributed by atoms with Crippen molar-refractivity contribution >= 4 is 15.3 Å². The van der Waals surface area contributed by atoms with E-state index in [0.717, 1.165) is 6.61 Å². The summed E-state index contributed by atoms with van der Waals surface area (Å²) in [4.78, 5) is 0. The zero-order chi connectivity index (χ0) is 12.7. The molecule has 0 fully saturated rings. The van der Waals surface area contributed by atoms with Gasteiger partial charge in [-0.1, -0.05) is 42.8 Å². The molecule has 0 radical (unpaired) electrons. The third-order valence-electron chi connectivity index (χ3n) is 3.15. The van der Waals surface area contributed by atoms with Gasteiger partial charge in [-0.25, -0.2) is 0 Å². The first-order valence-electron chi connectivity index (χ1n) is 6.47. The maximum absolute atomic E-state index is 5.80. The molecule has 0 saturated carbocycles. The summed E-state index contributed by atoms with van der Waals surface area (Å²) in [6.07, 6.45) is 2.40. The van der Waals surface area contributed by atoms with E-state index >= 15 is 0 Å². The lowest BCUT2D eigenvalue weighted by Gasteiger charge is -2.11. The maximum Gasteiger partial charge on any atom is 0.188 e. The molecule has 1 nitrogen and oxygen atoms in total. The molecule has 1 aromatic carbocycles. The zero-order valence-electron chi connectivity index (χ0n) is 11.5. The van der Waals surface area contributed by atoms with E-state index in [2.05, 4.69) is 52.0 Å². The van der Waals surface area contributed by atoms with Gasteiger partial charge < -0.3 is 4.43 Å². The van der Waals surface area contributed by atoms with Gasteiger partial charge in [0, 0.05) is 6.61 Å². The topological polar surface area (TPSA) is 9.23 Å². The fraction of sp³-hybridized carbons (Fsp3) is 0.467. The molecule has 2 heteroatoms. The highest BCUT2D eigenvalue weighted by molar-refractivity contribution is 6.40. The fourth-order valence-electron chi connectivity index (χ4n) is 1.80. The van der Waals surface area contributed by atoms with Crippen molar-refractivity contribution in [3.63, 3.8) is 0 Å². The van der Waals surface area contributed by atoms with Gasteiger partial charge in [0.05, 0.1) is 0 Å². The second-order valence-electron chi connectivity index (χ2n) is 4.63. The lowest BCUT2D eigenvalue weighted by Crippen LogP contribution is -2.04. The van der Waals surface area contributed by atoms with Gasteiger partial charge >= 0.3 is 0 Å². The van der Waals surface area contributed by atoms with Crippen LogP contribution in [-0.4, -0.2) is 16.4 Å². The maximum atomic E-state index is 5.80. The molecule has 1 rings (SSSR count). The average Bonchev–Trinajstić information content (AvgIpc) is 2.34. The van der Waals surface area contributed by atoms with Crippen LogP contribution < -0.4 is 0 Å². The van der Waals surface area contributed by atoms with E-state index < -0.39 is 9.76 Å². The minimum absolute atomic E-state index is 0.512. The number of aryl methyl sites for hydroxylation is 1. The van der Waals surface area contributed by atoms with Crippen LogP contribution in [0.2, 0.25) is 0 Å². The first-order valence-corrected chi connectivity index (χ1v) is 7.75. The second-order valence-corrected chi connectivity index (χ2v) is 6.38. The molecule has 0 atom stereocenters. The molecule has 0 aliphatic heterocycles. The molecule has 0 N–H and O–H groups in total. The van der Waals surface area contributed by atoms with E-state index in [1.165, 1.54) is 34.7 Å². The summed E-state index contributed by atoms with van der Waals surface area (Å²) in [5, 5.41) is 1.47. The third kappa shape index (κ3) is 4.48. The number of rotatable bonds is 6. The first kappa shape index (κ1) is 14.2. The predicted molar refractivity (Wildman–Crippen MR) is 78.9 cm³/mol. The highest BCUT2D eigenvalue weighted by Crippen LogP contribution is 2.20. The van der Waals surface area contributed by atoms with Crippen molar-refractivity contribution in [2.75, 3.05) is 6.61 Å². The zero-order valence-corrected chi connectivity index (χ0v) is 13.0. The predicted octanol–water partition coefficient (Wildman–Crippen LogP) is 3.65. The molecule has 0 aliphatic carbocycles. The summed E-state index contributed by atoms with van der Waals surface area (Å²) in [5.41, 5.74) is 4.13. The van der Waals surface area contributed by atoms with Crippen molar-refractivity contribution < 1.29 is 4.43 Å². The molecule has 0 unspecified atom stereocenters. The minimum atomic E-state index is -0.512. The summed E-state index contributed by atoms with van der Waals surface area (Å²) in [7, 11) is -0.512. The Bertz CT molecular complexity index is 382. The van der Waals surface area contributed by atoms with E-state index in [-0.39, 0.29) is 0 Å². The van der Waals surface area contributed by atoms with Crippen LogP contribution in [0.3, 0.4) is 0 Å². The molecular weight excluding hydrogens is 224 g/mol. The van der Waals surface area contributed by atoms with Gasteiger partial charge in [-0.2, -0.15) is 0 Å². The summed E-state index contributed by atoms with van der Waals surface area (Å²) >= 11 is 0. The van der Waals surface area contributed by atoms with Gasteiger partial charge in [0.1, 0.15) is 0 Å². The Morgan fingerprint density at radius 1 is 1.24 bits per heavy atom. The Morgan fingerprint density at radius 2 is 1.94 bits per heavy atom. The molecule has 0 bridgehead atoms. The normalized spacial score (nSPS) is 13.2. The van der Waals surface area contributed by atoms with E-state index in [4.69, 9.17) is 4.43 Å². The summed E-state index contributed by atoms with van der Waals surface area (Å²) in [5.74, 6) is 0. The van der Waals surface area contributed by atoms with Gasteiger partial charge in [0.2, 0.25) is 0 Å². The number of allylic oxidation sites excluding steroid dienone is 2. The van der Waals surface area contributed by atoms with E-state index in [0.29, 0.717) is 0 Å². The summed E-state index contributed by atoms with van der Waals surface area (Å²) < 4.78 is 5.80. The van der Waals surface area contributed by atoms with Crippen LogP contribution in [0, 0.1) is 6.92 Å². The second kappa shape index (κ2) is 7.46.